The molecule has 0 saturated heterocycles. The minimum atomic E-state index is -3.62. The molecule has 136 valence electrons. The number of benzene rings is 1. The molecule has 6 nitrogen and oxygen atoms in total. The molecule has 26 heavy (non-hydrogen) atoms. The largest absolute Gasteiger partial charge is 0.307 e. The van der Waals surface area contributed by atoms with Crippen LogP contribution in [-0.4, -0.2) is 36.1 Å². The Hall–Kier alpha value is -2.85. The number of sulfonamides is 1. The van der Waals surface area contributed by atoms with Crippen LogP contribution in [0, 0.1) is 11.3 Å². The summed E-state index contributed by atoms with van der Waals surface area (Å²) in [6.45, 7) is 7.04. The Kier molecular flexibility index (Phi) is 6.01. The minimum Gasteiger partial charge on any atom is -0.307 e. The first kappa shape index (κ1) is 19.5. The molecule has 2 rings (SSSR count). The van der Waals surface area contributed by atoms with Crippen molar-refractivity contribution in [2.45, 2.75) is 25.6 Å². The van der Waals surface area contributed by atoms with Gasteiger partial charge in [0, 0.05) is 13.1 Å². The molecule has 1 aromatic rings. The number of carbonyl (C=O) groups excluding carboxylic acids is 1. The van der Waals surface area contributed by atoms with Gasteiger partial charge in [-0.1, -0.05) is 30.9 Å². The summed E-state index contributed by atoms with van der Waals surface area (Å²) < 4.78 is 26.9. The van der Waals surface area contributed by atoms with E-state index in [1.54, 1.807) is 54.3 Å². The Morgan fingerprint density at radius 2 is 2.04 bits per heavy atom. The molecule has 0 radical (unpaired) electrons. The predicted molar refractivity (Wildman–Crippen MR) is 99.9 cm³/mol. The second kappa shape index (κ2) is 8.02. The van der Waals surface area contributed by atoms with Gasteiger partial charge in [-0.2, -0.15) is 5.26 Å². The summed E-state index contributed by atoms with van der Waals surface area (Å²) in [6, 6.07) is 8.16. The number of hydrogen-bond donors (Lipinski definition) is 0. The fourth-order valence-electron chi connectivity index (χ4n) is 2.80. The molecule has 1 aliphatic rings. The Balaban J connectivity index is 2.33. The van der Waals surface area contributed by atoms with Gasteiger partial charge in [0.05, 0.1) is 35.7 Å². The van der Waals surface area contributed by atoms with Crippen LogP contribution in [0.3, 0.4) is 0 Å². The van der Waals surface area contributed by atoms with Crippen molar-refractivity contribution >= 4 is 15.9 Å². The second-order valence-electron chi connectivity index (χ2n) is 6.02. The van der Waals surface area contributed by atoms with Gasteiger partial charge in [-0.05, 0) is 30.7 Å². The lowest BCUT2D eigenvalue weighted by atomic mass is 10.2. The molecule has 7 heteroatoms. The first-order valence-electron chi connectivity index (χ1n) is 8.07. The molecule has 1 aromatic carbocycles. The molecule has 0 spiro atoms. The van der Waals surface area contributed by atoms with Crippen molar-refractivity contribution in [1.29, 1.82) is 5.26 Å². The van der Waals surface area contributed by atoms with Gasteiger partial charge >= 0.3 is 0 Å². The van der Waals surface area contributed by atoms with E-state index in [4.69, 9.17) is 5.26 Å². The fourth-order valence-corrected chi connectivity index (χ4v) is 4.29. The fraction of sp³-hybridized carbons (Fsp3) is 0.263. The molecule has 0 N–H and O–H groups in total. The van der Waals surface area contributed by atoms with E-state index in [1.807, 2.05) is 6.07 Å². The number of amides is 1. The van der Waals surface area contributed by atoms with E-state index in [1.165, 1.54) is 17.4 Å². The van der Waals surface area contributed by atoms with E-state index in [-0.39, 0.29) is 24.2 Å². The van der Waals surface area contributed by atoms with E-state index in [2.05, 4.69) is 6.58 Å². The molecule has 1 atom stereocenters. The summed E-state index contributed by atoms with van der Waals surface area (Å²) in [4.78, 5) is 13.5. The predicted octanol–water partition coefficient (Wildman–Crippen LogP) is 2.52. The van der Waals surface area contributed by atoms with Crippen LogP contribution in [0.25, 0.3) is 0 Å². The Morgan fingerprint density at radius 1 is 1.38 bits per heavy atom. The zero-order valence-corrected chi connectivity index (χ0v) is 15.6. The van der Waals surface area contributed by atoms with Gasteiger partial charge in [0.25, 0.3) is 0 Å². The maximum absolute atomic E-state index is 12.8. The third-order valence-electron chi connectivity index (χ3n) is 3.97. The lowest BCUT2D eigenvalue weighted by Gasteiger charge is -2.38. The van der Waals surface area contributed by atoms with Crippen molar-refractivity contribution in [3.63, 3.8) is 0 Å². The Labute approximate surface area is 154 Å². The molecular weight excluding hydrogens is 350 g/mol. The second-order valence-corrected chi connectivity index (χ2v) is 7.94. The van der Waals surface area contributed by atoms with Crippen molar-refractivity contribution in [2.75, 3.05) is 6.54 Å². The lowest BCUT2D eigenvalue weighted by Crippen LogP contribution is -2.48. The molecule has 0 fully saturated rings. The average molecular weight is 371 g/mol. The van der Waals surface area contributed by atoms with Gasteiger partial charge in [0.15, 0.2) is 0 Å². The van der Waals surface area contributed by atoms with Crippen LogP contribution in [0.1, 0.15) is 25.0 Å². The molecule has 1 heterocycles. The minimum absolute atomic E-state index is 0.151. The molecule has 0 saturated carbocycles. The summed E-state index contributed by atoms with van der Waals surface area (Å²) in [6.07, 6.45) is 6.36. The number of hydrogen-bond acceptors (Lipinski definition) is 4. The Morgan fingerprint density at radius 3 is 2.58 bits per heavy atom. The highest BCUT2D eigenvalue weighted by atomic mass is 32.2. The maximum Gasteiger partial charge on any atom is 0.238 e. The van der Waals surface area contributed by atoms with Crippen LogP contribution in [0.15, 0.2) is 61.0 Å². The quantitative estimate of drug-likeness (QED) is 0.745. The van der Waals surface area contributed by atoms with E-state index in [0.717, 1.165) is 0 Å². The maximum atomic E-state index is 12.8. The highest BCUT2D eigenvalue weighted by Gasteiger charge is 2.31. The monoisotopic (exact) mass is 371 g/mol. The van der Waals surface area contributed by atoms with E-state index in [0.29, 0.717) is 16.8 Å². The van der Waals surface area contributed by atoms with Gasteiger partial charge < -0.3 is 4.90 Å². The number of allylic oxidation sites excluding steroid dienone is 3. The van der Waals surface area contributed by atoms with Crippen LogP contribution in [-0.2, 0) is 20.6 Å². The summed E-state index contributed by atoms with van der Waals surface area (Å²) in [5.74, 6) is -0.331. The number of nitrogens with zero attached hydrogens (tertiary/aromatic N) is 3. The van der Waals surface area contributed by atoms with Crippen LogP contribution in [0.2, 0.25) is 0 Å². The highest BCUT2D eigenvalue weighted by Crippen LogP contribution is 2.23. The normalized spacial score (nSPS) is 17.7. The summed E-state index contributed by atoms with van der Waals surface area (Å²) in [5, 5.41) is 8.83. The third kappa shape index (κ3) is 4.41. The molecule has 0 aliphatic carbocycles. The van der Waals surface area contributed by atoms with Crippen LogP contribution in [0.5, 0.6) is 0 Å². The van der Waals surface area contributed by atoms with E-state index in [9.17, 15) is 13.2 Å². The topological polar surface area (TPSA) is 81.5 Å². The van der Waals surface area contributed by atoms with Crippen molar-refractivity contribution in [3.8, 4) is 6.07 Å². The Bertz CT molecular complexity index is 893. The summed E-state index contributed by atoms with van der Waals surface area (Å²) in [5.41, 5.74) is 1.58. The zero-order chi connectivity index (χ0) is 19.3. The van der Waals surface area contributed by atoms with Gasteiger partial charge in [-0.15, -0.1) is 0 Å². The average Bonchev–Trinajstić information content (AvgIpc) is 2.59. The van der Waals surface area contributed by atoms with Crippen molar-refractivity contribution < 1.29 is 13.2 Å². The van der Waals surface area contributed by atoms with Crippen LogP contribution < -0.4 is 0 Å². The van der Waals surface area contributed by atoms with Crippen molar-refractivity contribution in [1.82, 2.24) is 9.21 Å². The molecule has 1 aliphatic heterocycles. The van der Waals surface area contributed by atoms with Crippen molar-refractivity contribution in [2.24, 2.45) is 0 Å². The molecule has 1 unspecified atom stereocenters. The molecular formula is C19H21N3O3S. The van der Waals surface area contributed by atoms with Crippen LogP contribution in [0.4, 0.5) is 0 Å². The smallest absolute Gasteiger partial charge is 0.238 e. The standard InChI is InChI=1S/C19H21N3O3S/c1-4-5-6-19-13-21(12-15(2)22(19)16(3)23)26(24,25)14-18-9-7-17(11-20)8-10-18/h4-10,13,15H,1,12,14H2,2-3H3/b6-5-. The van der Waals surface area contributed by atoms with Crippen molar-refractivity contribution in [3.05, 3.63) is 72.1 Å². The van der Waals surface area contributed by atoms with Gasteiger partial charge in [0.2, 0.25) is 15.9 Å². The molecule has 0 aromatic heterocycles. The van der Waals surface area contributed by atoms with Crippen LogP contribution >= 0.6 is 0 Å². The molecule has 1 amide bonds. The highest BCUT2D eigenvalue weighted by molar-refractivity contribution is 7.88. The number of rotatable bonds is 5. The SMILES string of the molecule is C=C/C=C\C1=CN(S(=O)(=O)Cc2ccc(C#N)cc2)CC(C)N1C(C)=O. The zero-order valence-electron chi connectivity index (χ0n) is 14.8. The van der Waals surface area contributed by atoms with Gasteiger partial charge in [-0.25, -0.2) is 8.42 Å². The third-order valence-corrected chi connectivity index (χ3v) is 5.64. The summed E-state index contributed by atoms with van der Waals surface area (Å²) >= 11 is 0. The molecule has 0 bridgehead atoms. The van der Waals surface area contributed by atoms with Gasteiger partial charge in [-0.3, -0.25) is 9.10 Å². The number of nitriles is 1. The van der Waals surface area contributed by atoms with E-state index < -0.39 is 10.0 Å². The summed E-state index contributed by atoms with van der Waals surface area (Å²) in [7, 11) is -3.62. The lowest BCUT2D eigenvalue weighted by molar-refractivity contribution is -0.128. The first-order valence-corrected chi connectivity index (χ1v) is 9.68. The van der Waals surface area contributed by atoms with E-state index >= 15 is 0 Å². The number of carbonyl (C=O) groups is 1. The van der Waals surface area contributed by atoms with Gasteiger partial charge in [0.1, 0.15) is 0 Å². The first-order chi connectivity index (χ1) is 12.3.